The van der Waals surface area contributed by atoms with Crippen LogP contribution in [-0.4, -0.2) is 40.2 Å². The summed E-state index contributed by atoms with van der Waals surface area (Å²) in [6.07, 6.45) is 2.77. The van der Waals surface area contributed by atoms with Crippen molar-refractivity contribution in [3.8, 4) is 0 Å². The molecule has 1 aliphatic carbocycles. The lowest BCUT2D eigenvalue weighted by Crippen LogP contribution is -2.47. The summed E-state index contributed by atoms with van der Waals surface area (Å²) >= 11 is 1.15. The first kappa shape index (κ1) is 21.7. The normalized spacial score (nSPS) is 16.1. The number of urea groups is 1. The van der Waals surface area contributed by atoms with E-state index in [1.807, 2.05) is 0 Å². The van der Waals surface area contributed by atoms with Crippen LogP contribution >= 0.6 is 11.8 Å². The van der Waals surface area contributed by atoms with Crippen molar-refractivity contribution < 1.29 is 24.0 Å². The summed E-state index contributed by atoms with van der Waals surface area (Å²) in [4.78, 5) is 46.8. The summed E-state index contributed by atoms with van der Waals surface area (Å²) in [5, 5.41) is 14.9. The molecule has 0 heterocycles. The number of nitro groups is 1. The van der Waals surface area contributed by atoms with Crippen molar-refractivity contribution in [3.05, 3.63) is 34.4 Å². The summed E-state index contributed by atoms with van der Waals surface area (Å²) in [6.45, 7) is 2.99. The molecule has 2 atom stereocenters. The fourth-order valence-electron chi connectivity index (χ4n) is 2.73. The maximum atomic E-state index is 12.2. The predicted molar refractivity (Wildman–Crippen MR) is 103 cm³/mol. The van der Waals surface area contributed by atoms with Gasteiger partial charge in [0, 0.05) is 23.1 Å². The van der Waals surface area contributed by atoms with E-state index in [1.54, 1.807) is 6.92 Å². The van der Waals surface area contributed by atoms with Crippen LogP contribution in [0.3, 0.4) is 0 Å². The van der Waals surface area contributed by atoms with Crippen molar-refractivity contribution in [2.75, 3.05) is 0 Å². The SMILES string of the molecule is C[C@H](Sc1ccc([N+](=O)[O-])cc1)C(=O)O[C@H](C)C(=O)NC(=O)NC1CCCC1. The first-order valence-corrected chi connectivity index (χ1v) is 9.87. The van der Waals surface area contributed by atoms with Crippen LogP contribution < -0.4 is 10.6 Å². The summed E-state index contributed by atoms with van der Waals surface area (Å²) in [7, 11) is 0. The van der Waals surface area contributed by atoms with Gasteiger partial charge in [0.25, 0.3) is 11.6 Å². The zero-order valence-electron chi connectivity index (χ0n) is 15.7. The number of imide groups is 1. The average molecular weight is 409 g/mol. The Morgan fingerprint density at radius 2 is 1.79 bits per heavy atom. The number of carbonyl (C=O) groups excluding carboxylic acids is 3. The molecule has 1 aliphatic rings. The van der Waals surface area contributed by atoms with E-state index in [9.17, 15) is 24.5 Å². The fourth-order valence-corrected chi connectivity index (χ4v) is 3.58. The quantitative estimate of drug-likeness (QED) is 0.307. The van der Waals surface area contributed by atoms with E-state index in [1.165, 1.54) is 31.2 Å². The van der Waals surface area contributed by atoms with Gasteiger partial charge in [0.2, 0.25) is 0 Å². The Balaban J connectivity index is 1.78. The van der Waals surface area contributed by atoms with Gasteiger partial charge in [-0.1, -0.05) is 12.8 Å². The number of hydrogen-bond donors (Lipinski definition) is 2. The van der Waals surface area contributed by atoms with Crippen LogP contribution in [-0.2, 0) is 14.3 Å². The van der Waals surface area contributed by atoms with Gasteiger partial charge in [0.1, 0.15) is 5.25 Å². The number of esters is 1. The monoisotopic (exact) mass is 409 g/mol. The number of benzene rings is 1. The number of carbonyl (C=O) groups is 3. The Morgan fingerprint density at radius 1 is 1.18 bits per heavy atom. The highest BCUT2D eigenvalue weighted by Gasteiger charge is 2.25. The summed E-state index contributed by atoms with van der Waals surface area (Å²) in [6, 6.07) is 5.25. The van der Waals surface area contributed by atoms with Crippen molar-refractivity contribution in [2.45, 2.75) is 61.8 Å². The predicted octanol–water partition coefficient (Wildman–Crippen LogP) is 2.78. The van der Waals surface area contributed by atoms with Crippen molar-refractivity contribution in [1.82, 2.24) is 10.6 Å². The highest BCUT2D eigenvalue weighted by atomic mass is 32.2. The van der Waals surface area contributed by atoms with E-state index in [-0.39, 0.29) is 11.7 Å². The van der Waals surface area contributed by atoms with Gasteiger partial charge >= 0.3 is 12.0 Å². The molecule has 0 aliphatic heterocycles. The van der Waals surface area contributed by atoms with Gasteiger partial charge in [-0.05, 0) is 38.8 Å². The Bertz CT molecular complexity index is 733. The van der Waals surface area contributed by atoms with Crippen LogP contribution in [0.4, 0.5) is 10.5 Å². The molecular weight excluding hydrogens is 386 g/mol. The molecule has 0 saturated heterocycles. The van der Waals surface area contributed by atoms with Crippen molar-refractivity contribution >= 4 is 35.4 Å². The van der Waals surface area contributed by atoms with E-state index in [0.29, 0.717) is 4.90 Å². The highest BCUT2D eigenvalue weighted by molar-refractivity contribution is 8.00. The molecule has 0 bridgehead atoms. The molecule has 1 aromatic rings. The maximum Gasteiger partial charge on any atom is 0.321 e. The summed E-state index contributed by atoms with van der Waals surface area (Å²) in [5.74, 6) is -1.32. The van der Waals surface area contributed by atoms with Crippen molar-refractivity contribution in [3.63, 3.8) is 0 Å². The molecule has 152 valence electrons. The molecule has 2 rings (SSSR count). The topological polar surface area (TPSA) is 128 Å². The molecule has 0 spiro atoms. The fraction of sp³-hybridized carbons (Fsp3) is 0.500. The molecule has 2 N–H and O–H groups in total. The molecular formula is C18H23N3O6S. The van der Waals surface area contributed by atoms with Gasteiger partial charge < -0.3 is 10.1 Å². The molecule has 28 heavy (non-hydrogen) atoms. The highest BCUT2D eigenvalue weighted by Crippen LogP contribution is 2.26. The van der Waals surface area contributed by atoms with Gasteiger partial charge in [0.05, 0.1) is 4.92 Å². The second-order valence-corrected chi connectivity index (χ2v) is 7.95. The van der Waals surface area contributed by atoms with Gasteiger partial charge in [0.15, 0.2) is 6.10 Å². The number of ether oxygens (including phenoxy) is 1. The molecule has 1 saturated carbocycles. The molecule has 10 heteroatoms. The largest absolute Gasteiger partial charge is 0.452 e. The van der Waals surface area contributed by atoms with Gasteiger partial charge in [-0.15, -0.1) is 11.8 Å². The number of amides is 3. The van der Waals surface area contributed by atoms with Crippen LogP contribution in [0.15, 0.2) is 29.2 Å². The second kappa shape index (κ2) is 10.1. The summed E-state index contributed by atoms with van der Waals surface area (Å²) < 4.78 is 5.12. The van der Waals surface area contributed by atoms with E-state index in [4.69, 9.17) is 4.74 Å². The van der Waals surface area contributed by atoms with Crippen LogP contribution in [0.1, 0.15) is 39.5 Å². The lowest BCUT2D eigenvalue weighted by molar-refractivity contribution is -0.384. The van der Waals surface area contributed by atoms with E-state index >= 15 is 0 Å². The van der Waals surface area contributed by atoms with Gasteiger partial charge in [-0.2, -0.15) is 0 Å². The molecule has 0 unspecified atom stereocenters. The van der Waals surface area contributed by atoms with Gasteiger partial charge in [-0.3, -0.25) is 25.0 Å². The lowest BCUT2D eigenvalue weighted by Gasteiger charge is -2.17. The van der Waals surface area contributed by atoms with Crippen LogP contribution in [0.2, 0.25) is 0 Å². The maximum absolute atomic E-state index is 12.2. The number of thioether (sulfide) groups is 1. The Kier molecular flexibility index (Phi) is 7.80. The zero-order valence-corrected chi connectivity index (χ0v) is 16.5. The number of nitrogens with one attached hydrogen (secondary N) is 2. The minimum atomic E-state index is -1.12. The summed E-state index contributed by atoms with van der Waals surface area (Å²) in [5.41, 5.74) is -0.0410. The van der Waals surface area contributed by atoms with Crippen LogP contribution in [0.5, 0.6) is 0 Å². The Hall–Kier alpha value is -2.62. The van der Waals surface area contributed by atoms with Crippen molar-refractivity contribution in [1.29, 1.82) is 0 Å². The zero-order chi connectivity index (χ0) is 20.7. The Labute approximate surface area is 166 Å². The van der Waals surface area contributed by atoms with Crippen LogP contribution in [0, 0.1) is 10.1 Å². The second-order valence-electron chi connectivity index (χ2n) is 6.53. The first-order chi connectivity index (χ1) is 13.3. The van der Waals surface area contributed by atoms with E-state index < -0.39 is 34.2 Å². The molecule has 9 nitrogen and oxygen atoms in total. The first-order valence-electron chi connectivity index (χ1n) is 8.99. The Morgan fingerprint density at radius 3 is 2.36 bits per heavy atom. The lowest BCUT2D eigenvalue weighted by atomic mass is 10.2. The van der Waals surface area contributed by atoms with E-state index in [2.05, 4.69) is 10.6 Å². The van der Waals surface area contributed by atoms with E-state index in [0.717, 1.165) is 37.4 Å². The minimum Gasteiger partial charge on any atom is -0.452 e. The number of nitro benzene ring substituents is 1. The number of rotatable bonds is 7. The van der Waals surface area contributed by atoms with Crippen molar-refractivity contribution in [2.24, 2.45) is 0 Å². The molecule has 0 aromatic heterocycles. The van der Waals surface area contributed by atoms with Crippen LogP contribution in [0.25, 0.3) is 0 Å². The van der Waals surface area contributed by atoms with Gasteiger partial charge in [-0.25, -0.2) is 4.79 Å². The third-order valence-electron chi connectivity index (χ3n) is 4.28. The third kappa shape index (κ3) is 6.52. The number of hydrogen-bond acceptors (Lipinski definition) is 7. The standard InChI is InChI=1S/C18H23N3O6S/c1-11(16(22)20-18(24)19-13-5-3-4-6-13)27-17(23)12(2)28-15-9-7-14(8-10-15)21(25)26/h7-13H,3-6H2,1-2H3,(H2,19,20,22,24)/t11-,12+/m1/s1. The minimum absolute atomic E-state index is 0.0410. The molecule has 1 fully saturated rings. The molecule has 1 aromatic carbocycles. The number of non-ortho nitro benzene ring substituents is 1. The smallest absolute Gasteiger partial charge is 0.321 e. The number of nitrogens with zero attached hydrogens (tertiary/aromatic N) is 1. The molecule has 3 amide bonds. The third-order valence-corrected chi connectivity index (χ3v) is 5.37. The average Bonchev–Trinajstić information content (AvgIpc) is 3.14. The molecule has 0 radical (unpaired) electrons.